The Kier molecular flexibility index (Phi) is 6.24. The number of furan rings is 1. The van der Waals surface area contributed by atoms with Gasteiger partial charge in [-0.05, 0) is 85.0 Å². The lowest BCUT2D eigenvalue weighted by molar-refractivity contribution is 0.0953. The van der Waals surface area contributed by atoms with E-state index >= 15 is 0 Å². The van der Waals surface area contributed by atoms with Crippen LogP contribution in [0.1, 0.15) is 26.6 Å². The first-order valence-electron chi connectivity index (χ1n) is 9.78. The maximum absolute atomic E-state index is 13.4. The fraction of sp³-hybridized carbons (Fsp3) is 0.125. The minimum Gasteiger partial charge on any atom is -0.439 e. The largest absolute Gasteiger partial charge is 0.439 e. The molecule has 8 heteroatoms. The van der Waals surface area contributed by atoms with E-state index in [1.807, 2.05) is 49.6 Å². The molecular formula is C24H20ClNO4S2. The Morgan fingerprint density at radius 2 is 1.75 bits per heavy atom. The van der Waals surface area contributed by atoms with Gasteiger partial charge in [0.05, 0.1) is 11.4 Å². The Morgan fingerprint density at radius 3 is 2.41 bits per heavy atom. The molecule has 0 spiro atoms. The summed E-state index contributed by atoms with van der Waals surface area (Å²) in [6.07, 6.45) is 0. The number of aryl methyl sites for hydroxylation is 2. The molecular weight excluding hydrogens is 466 g/mol. The molecule has 0 fully saturated rings. The second-order valence-corrected chi connectivity index (χ2v) is 10.7. The molecule has 4 rings (SSSR count). The number of carbonyl (C=O) groups is 1. The van der Waals surface area contributed by atoms with Crippen molar-refractivity contribution in [3.8, 4) is 0 Å². The molecule has 0 saturated heterocycles. The van der Waals surface area contributed by atoms with Crippen LogP contribution in [0, 0.1) is 13.8 Å². The molecule has 0 aliphatic carbocycles. The van der Waals surface area contributed by atoms with Crippen LogP contribution in [0.2, 0.25) is 5.02 Å². The van der Waals surface area contributed by atoms with Crippen molar-refractivity contribution in [1.82, 2.24) is 0 Å². The Morgan fingerprint density at radius 1 is 1.00 bits per heavy atom. The monoisotopic (exact) mass is 485 g/mol. The van der Waals surface area contributed by atoms with Crippen LogP contribution in [0.5, 0.6) is 0 Å². The van der Waals surface area contributed by atoms with E-state index < -0.39 is 15.7 Å². The fourth-order valence-electron chi connectivity index (χ4n) is 3.17. The van der Waals surface area contributed by atoms with Crippen LogP contribution in [0.4, 0.5) is 5.69 Å². The normalized spacial score (nSPS) is 11.5. The molecule has 0 aliphatic heterocycles. The minimum absolute atomic E-state index is 0.0415. The summed E-state index contributed by atoms with van der Waals surface area (Å²) in [6, 6.07) is 18.1. The van der Waals surface area contributed by atoms with Crippen LogP contribution in [0.25, 0.3) is 0 Å². The summed E-state index contributed by atoms with van der Waals surface area (Å²) in [5, 5.41) is 2.08. The SMILES string of the molecule is Cc1ccc(N(Cc2cccs2)C(=O)c2ccc(S(=O)(=O)c3ccc(Cl)cc3)o2)cc1C. The fourth-order valence-corrected chi connectivity index (χ4v) is 5.17. The number of anilines is 1. The molecule has 5 nitrogen and oxygen atoms in total. The van der Waals surface area contributed by atoms with Crippen molar-refractivity contribution in [1.29, 1.82) is 0 Å². The maximum atomic E-state index is 13.4. The molecule has 4 aromatic rings. The van der Waals surface area contributed by atoms with Gasteiger partial charge in [0.1, 0.15) is 0 Å². The van der Waals surface area contributed by atoms with Gasteiger partial charge in [-0.3, -0.25) is 4.79 Å². The summed E-state index contributed by atoms with van der Waals surface area (Å²) in [7, 11) is -3.92. The Bertz CT molecular complexity index is 1360. The summed E-state index contributed by atoms with van der Waals surface area (Å²) in [4.78, 5) is 16.0. The van der Waals surface area contributed by atoms with Crippen LogP contribution in [-0.2, 0) is 16.4 Å². The zero-order valence-electron chi connectivity index (χ0n) is 17.4. The predicted octanol–water partition coefficient (Wildman–Crippen LogP) is 6.29. The number of amides is 1. The van der Waals surface area contributed by atoms with Crippen LogP contribution in [0.15, 0.2) is 86.5 Å². The maximum Gasteiger partial charge on any atom is 0.294 e. The molecule has 0 bridgehead atoms. The first kappa shape index (κ1) is 22.3. The average molecular weight is 486 g/mol. The molecule has 0 aliphatic rings. The third kappa shape index (κ3) is 4.50. The third-order valence-corrected chi connectivity index (χ3v) is 7.88. The van der Waals surface area contributed by atoms with E-state index in [1.54, 1.807) is 16.2 Å². The van der Waals surface area contributed by atoms with E-state index in [9.17, 15) is 13.2 Å². The predicted molar refractivity (Wildman–Crippen MR) is 126 cm³/mol. The number of nitrogens with zero attached hydrogens (tertiary/aromatic N) is 1. The van der Waals surface area contributed by atoms with Crippen LogP contribution >= 0.6 is 22.9 Å². The van der Waals surface area contributed by atoms with Crippen LogP contribution in [-0.4, -0.2) is 14.3 Å². The number of rotatable bonds is 6. The number of hydrogen-bond donors (Lipinski definition) is 0. The minimum atomic E-state index is -3.92. The molecule has 0 N–H and O–H groups in total. The van der Waals surface area contributed by atoms with Gasteiger partial charge < -0.3 is 9.32 Å². The van der Waals surface area contributed by atoms with Crippen LogP contribution < -0.4 is 4.90 Å². The summed E-state index contributed by atoms with van der Waals surface area (Å²) < 4.78 is 31.4. The molecule has 2 heterocycles. The number of halogens is 1. The van der Waals surface area contributed by atoms with Gasteiger partial charge in [-0.25, -0.2) is 8.42 Å². The standard InChI is InChI=1S/C24H20ClNO4S2/c1-16-5-8-19(14-17(16)2)26(15-20-4-3-13-31-20)24(27)22-11-12-23(30-22)32(28,29)21-9-6-18(25)7-10-21/h3-14H,15H2,1-2H3. The molecule has 0 radical (unpaired) electrons. The van der Waals surface area contributed by atoms with Gasteiger partial charge in [0.15, 0.2) is 5.76 Å². The van der Waals surface area contributed by atoms with Crippen molar-refractivity contribution < 1.29 is 17.6 Å². The van der Waals surface area contributed by atoms with E-state index in [-0.39, 0.29) is 15.7 Å². The summed E-state index contributed by atoms with van der Waals surface area (Å²) in [6.45, 7) is 4.33. The number of sulfone groups is 1. The van der Waals surface area contributed by atoms with Gasteiger partial charge in [0.2, 0.25) is 14.9 Å². The number of thiophene rings is 1. The Hall–Kier alpha value is -2.87. The topological polar surface area (TPSA) is 67.6 Å². The second-order valence-electron chi connectivity index (χ2n) is 7.32. The summed E-state index contributed by atoms with van der Waals surface area (Å²) >= 11 is 7.40. The van der Waals surface area contributed by atoms with Gasteiger partial charge in [-0.1, -0.05) is 23.7 Å². The van der Waals surface area contributed by atoms with Gasteiger partial charge in [0, 0.05) is 15.6 Å². The molecule has 0 atom stereocenters. The van der Waals surface area contributed by atoms with Gasteiger partial charge in [-0.15, -0.1) is 11.3 Å². The quantitative estimate of drug-likeness (QED) is 0.322. The molecule has 32 heavy (non-hydrogen) atoms. The van der Waals surface area contributed by atoms with Gasteiger partial charge in [0.25, 0.3) is 5.91 Å². The van der Waals surface area contributed by atoms with Crippen molar-refractivity contribution in [2.45, 2.75) is 30.4 Å². The highest BCUT2D eigenvalue weighted by Gasteiger charge is 2.27. The lowest BCUT2D eigenvalue weighted by Gasteiger charge is -2.22. The number of benzene rings is 2. The lowest BCUT2D eigenvalue weighted by atomic mass is 10.1. The first-order chi connectivity index (χ1) is 15.3. The van der Waals surface area contributed by atoms with E-state index in [1.165, 1.54) is 36.4 Å². The van der Waals surface area contributed by atoms with Crippen molar-refractivity contribution in [2.24, 2.45) is 0 Å². The molecule has 2 aromatic carbocycles. The number of carbonyl (C=O) groups excluding carboxylic acids is 1. The van der Waals surface area contributed by atoms with E-state index in [4.69, 9.17) is 16.0 Å². The molecule has 1 amide bonds. The highest BCUT2D eigenvalue weighted by Crippen LogP contribution is 2.28. The third-order valence-electron chi connectivity index (χ3n) is 5.12. The lowest BCUT2D eigenvalue weighted by Crippen LogP contribution is -2.30. The number of hydrogen-bond acceptors (Lipinski definition) is 5. The van der Waals surface area contributed by atoms with Gasteiger partial charge >= 0.3 is 0 Å². The van der Waals surface area contributed by atoms with E-state index in [0.717, 1.165) is 16.0 Å². The van der Waals surface area contributed by atoms with E-state index in [2.05, 4.69) is 0 Å². The van der Waals surface area contributed by atoms with Crippen LogP contribution in [0.3, 0.4) is 0 Å². The highest BCUT2D eigenvalue weighted by atomic mass is 35.5. The zero-order valence-corrected chi connectivity index (χ0v) is 19.8. The summed E-state index contributed by atoms with van der Waals surface area (Å²) in [5.41, 5.74) is 2.88. The average Bonchev–Trinajstić information content (AvgIpc) is 3.46. The molecule has 164 valence electrons. The molecule has 0 unspecified atom stereocenters. The smallest absolute Gasteiger partial charge is 0.294 e. The van der Waals surface area contributed by atoms with Gasteiger partial charge in [-0.2, -0.15) is 0 Å². The van der Waals surface area contributed by atoms with Crippen molar-refractivity contribution in [3.05, 3.63) is 98.9 Å². The Labute approximate surface area is 195 Å². The Balaban J connectivity index is 1.69. The summed E-state index contributed by atoms with van der Waals surface area (Å²) in [5.74, 6) is -0.466. The molecule has 2 aromatic heterocycles. The highest BCUT2D eigenvalue weighted by molar-refractivity contribution is 7.91. The zero-order chi connectivity index (χ0) is 22.9. The van der Waals surface area contributed by atoms with E-state index in [0.29, 0.717) is 17.3 Å². The first-order valence-corrected chi connectivity index (χ1v) is 12.5. The van der Waals surface area contributed by atoms with Crippen molar-refractivity contribution >= 4 is 44.4 Å². The second kappa shape index (κ2) is 8.94. The van der Waals surface area contributed by atoms with Crippen molar-refractivity contribution in [2.75, 3.05) is 4.90 Å². The van der Waals surface area contributed by atoms with Crippen molar-refractivity contribution in [3.63, 3.8) is 0 Å². The molecule has 0 saturated carbocycles.